The van der Waals surface area contributed by atoms with E-state index in [9.17, 15) is 57.5 Å². The van der Waals surface area contributed by atoms with E-state index in [1.165, 1.54) is 141 Å². The molecule has 0 aliphatic heterocycles. The molecule has 0 rings (SSSR count). The number of carbonyl (C=O) groups excluding carboxylic acids is 12. The summed E-state index contributed by atoms with van der Waals surface area (Å²) in [4.78, 5) is 143. The molecular formula is C116H204O24. The van der Waals surface area contributed by atoms with Gasteiger partial charge in [-0.25, -0.2) is 0 Å². The number of allylic oxidation sites excluding steroid dienone is 12. The molecule has 24 heteroatoms. The summed E-state index contributed by atoms with van der Waals surface area (Å²) in [6, 6.07) is 0. The van der Waals surface area contributed by atoms with Gasteiger partial charge < -0.3 is 56.8 Å². The molecule has 0 aliphatic carbocycles. The van der Waals surface area contributed by atoms with E-state index in [0.29, 0.717) is 103 Å². The van der Waals surface area contributed by atoms with Crippen molar-refractivity contribution in [3.8, 4) is 0 Å². The number of unbranched alkanes of at least 4 members (excludes halogenated alkanes) is 42. The van der Waals surface area contributed by atoms with Crippen LogP contribution in [0.2, 0.25) is 0 Å². The maximum absolute atomic E-state index is 12.4. The summed E-state index contributed by atoms with van der Waals surface area (Å²) in [5, 5.41) is 0. The van der Waals surface area contributed by atoms with E-state index in [2.05, 4.69) is 86.8 Å². The highest BCUT2D eigenvalue weighted by Crippen LogP contribution is 2.19. The Balaban J connectivity index is -0.000000897. The Labute approximate surface area is 851 Å². The van der Waals surface area contributed by atoms with Gasteiger partial charge in [-0.2, -0.15) is 0 Å². The molecule has 0 aliphatic rings. The smallest absolute Gasteiger partial charge is 0.306 e. The van der Waals surface area contributed by atoms with Gasteiger partial charge in [-0.1, -0.05) is 308 Å². The molecule has 140 heavy (non-hydrogen) atoms. The minimum atomic E-state index is -0.766. The lowest BCUT2D eigenvalue weighted by atomic mass is 10.1. The van der Waals surface area contributed by atoms with Crippen molar-refractivity contribution in [1.82, 2.24) is 0 Å². The minimum absolute atomic E-state index is 0.0833. The molecule has 0 saturated carbocycles. The molecule has 0 radical (unpaired) electrons. The van der Waals surface area contributed by atoms with E-state index >= 15 is 0 Å². The lowest BCUT2D eigenvalue weighted by Gasteiger charge is -2.18. The van der Waals surface area contributed by atoms with Gasteiger partial charge in [-0.3, -0.25) is 57.5 Å². The fraction of sp³-hybridized carbons (Fsp3) is 0.793. The first-order valence-electron chi connectivity index (χ1n) is 55.9. The van der Waals surface area contributed by atoms with Gasteiger partial charge in [0.05, 0.1) is 0 Å². The first-order chi connectivity index (χ1) is 68.1. The number of carbonyl (C=O) groups is 12. The van der Waals surface area contributed by atoms with Gasteiger partial charge in [0.1, 0.15) is 52.9 Å². The van der Waals surface area contributed by atoms with Crippen LogP contribution in [0.15, 0.2) is 72.9 Å². The molecule has 0 saturated heterocycles. The van der Waals surface area contributed by atoms with E-state index in [0.717, 1.165) is 180 Å². The van der Waals surface area contributed by atoms with Crippen LogP contribution in [-0.4, -0.2) is 149 Å². The van der Waals surface area contributed by atoms with E-state index in [4.69, 9.17) is 56.8 Å². The van der Waals surface area contributed by atoms with E-state index < -0.39 is 24.4 Å². The molecule has 3 unspecified atom stereocenters. The van der Waals surface area contributed by atoms with Gasteiger partial charge in [-0.15, -0.1) is 0 Å². The summed E-state index contributed by atoms with van der Waals surface area (Å²) < 4.78 is 63.4. The summed E-state index contributed by atoms with van der Waals surface area (Å²) in [6.45, 7) is 23.2. The standard InChI is InChI=1S/2C36H64O6.2C22H38O6/c1-4-7-9-11-13-15-16-17-18-19-20-21-23-24-26-29-35(38)41-32-33(31-40-34(37)28-6-3)42-36(39)30-27-25-22-14-12-10-8-5-2;1-4-7-9-11-13-15-16-17-18-19-20-21-23-25-27-30-35(38)41-32-33(42-36(39)28-6-3)31-40-34(37)29-26-24-22-14-12-10-8-5-2;1-4-7-8-9-10-11-12-13-16-21(24)27-18-19(28-22(25)15-6-3)17-26-20(23)14-5-2;1-4-7-8-9-10-11-12-13-16-22(25)28-19(17-26-20(23)14-5-2)18-27-21(24)15-6-3/h2*5,8,17-18,33H,4,6-7,9-16,19-32H2,1-3H3;2*4,7,19H,5-6,8-18H2,1-3H3/b2*8-5-,18-17-;2*7-4-. The molecule has 0 amide bonds. The summed E-state index contributed by atoms with van der Waals surface area (Å²) in [5.41, 5.74) is 0. The SMILES string of the molecule is C/C=C\CCCCCCCC(=O)OC(COC(=O)CCC)COC(=O)CCC.C/C=C\CCCCCCCC(=O)OC(COC(=O)CCC)COC(=O)CCCCCCC/C=C\CCCCCCCC.C/C=C\CCCCCCCC(=O)OCC(COC(=O)CCC)OC(=O)CCC.C/C=C\CCCCCCCC(=O)OCC(COC(=O)CCCCCCC/C=C\CCCCCCCC)OC(=O)CCC. The van der Waals surface area contributed by atoms with Crippen LogP contribution in [0, 0.1) is 0 Å². The Hall–Kier alpha value is -7.92. The summed E-state index contributed by atoms with van der Waals surface area (Å²) in [6.07, 6.45) is 87.7. The molecule has 0 N–H and O–H groups in total. The van der Waals surface area contributed by atoms with Gasteiger partial charge >= 0.3 is 71.6 Å². The highest BCUT2D eigenvalue weighted by molar-refractivity contribution is 5.74. The zero-order valence-corrected chi connectivity index (χ0v) is 90.8. The molecule has 0 spiro atoms. The quantitative estimate of drug-likeness (QED) is 0.0236. The highest BCUT2D eigenvalue weighted by Gasteiger charge is 2.25. The van der Waals surface area contributed by atoms with Gasteiger partial charge in [0.15, 0.2) is 24.4 Å². The van der Waals surface area contributed by atoms with Gasteiger partial charge in [0.2, 0.25) is 0 Å². The van der Waals surface area contributed by atoms with Crippen molar-refractivity contribution >= 4 is 71.6 Å². The van der Waals surface area contributed by atoms with Crippen molar-refractivity contribution in [2.45, 2.75) is 544 Å². The highest BCUT2D eigenvalue weighted by atomic mass is 16.6. The van der Waals surface area contributed by atoms with Crippen LogP contribution in [0.5, 0.6) is 0 Å². The number of esters is 12. The monoisotopic (exact) mass is 1980 g/mol. The van der Waals surface area contributed by atoms with Crippen LogP contribution >= 0.6 is 0 Å². The Morgan fingerprint density at radius 2 is 0.279 bits per heavy atom. The van der Waals surface area contributed by atoms with Crippen LogP contribution in [0.1, 0.15) is 520 Å². The molecule has 0 heterocycles. The molecule has 0 aromatic carbocycles. The lowest BCUT2D eigenvalue weighted by molar-refractivity contribution is -0.167. The average molecular weight is 1980 g/mol. The normalized spacial score (nSPS) is 11.9. The minimum Gasteiger partial charge on any atom is -0.462 e. The first-order valence-corrected chi connectivity index (χ1v) is 55.9. The molecule has 0 aromatic rings. The van der Waals surface area contributed by atoms with Crippen molar-refractivity contribution in [3.05, 3.63) is 72.9 Å². The average Bonchev–Trinajstić information content (AvgIpc) is 0.955. The Morgan fingerprint density at radius 3 is 0.443 bits per heavy atom. The molecule has 0 fully saturated rings. The second kappa shape index (κ2) is 113. The van der Waals surface area contributed by atoms with Crippen LogP contribution < -0.4 is 0 Å². The second-order valence-corrected chi connectivity index (χ2v) is 36.6. The molecule has 0 aromatic heterocycles. The number of hydrogen-bond acceptors (Lipinski definition) is 24. The third-order valence-corrected chi connectivity index (χ3v) is 22.6. The third-order valence-electron chi connectivity index (χ3n) is 22.6. The lowest BCUT2D eigenvalue weighted by Crippen LogP contribution is -2.30. The van der Waals surface area contributed by atoms with Gasteiger partial charge in [0.25, 0.3) is 0 Å². The van der Waals surface area contributed by atoms with Crippen LogP contribution in [0.4, 0.5) is 0 Å². The fourth-order valence-corrected chi connectivity index (χ4v) is 14.3. The predicted octanol–water partition coefficient (Wildman–Crippen LogP) is 30.0. The zero-order valence-electron chi connectivity index (χ0n) is 90.8. The largest absolute Gasteiger partial charge is 0.462 e. The maximum Gasteiger partial charge on any atom is 0.306 e. The van der Waals surface area contributed by atoms with Crippen LogP contribution in [0.3, 0.4) is 0 Å². The second-order valence-electron chi connectivity index (χ2n) is 36.6. The van der Waals surface area contributed by atoms with Crippen LogP contribution in [0.25, 0.3) is 0 Å². The third kappa shape index (κ3) is 110. The number of hydrogen-bond donors (Lipinski definition) is 0. The maximum atomic E-state index is 12.4. The Morgan fingerprint density at radius 1 is 0.150 bits per heavy atom. The van der Waals surface area contributed by atoms with Crippen molar-refractivity contribution < 1.29 is 114 Å². The van der Waals surface area contributed by atoms with Crippen LogP contribution in [-0.2, 0) is 114 Å². The Kier molecular flexibility index (Phi) is 112. The van der Waals surface area contributed by atoms with E-state index in [1.807, 2.05) is 69.2 Å². The number of rotatable bonds is 94. The summed E-state index contributed by atoms with van der Waals surface area (Å²) >= 11 is 0. The molecular weight excluding hydrogens is 1780 g/mol. The van der Waals surface area contributed by atoms with E-state index in [1.54, 1.807) is 0 Å². The molecule has 0 bridgehead atoms. The van der Waals surface area contributed by atoms with Gasteiger partial charge in [-0.05, 0) is 207 Å². The Bertz CT molecular complexity index is 3090. The van der Waals surface area contributed by atoms with Crippen molar-refractivity contribution in [2.24, 2.45) is 0 Å². The van der Waals surface area contributed by atoms with Gasteiger partial charge in [0, 0.05) is 77.0 Å². The van der Waals surface area contributed by atoms with Crippen molar-refractivity contribution in [3.63, 3.8) is 0 Å². The van der Waals surface area contributed by atoms with E-state index in [-0.39, 0.29) is 137 Å². The predicted molar refractivity (Wildman–Crippen MR) is 564 cm³/mol. The first kappa shape index (κ1) is 138. The summed E-state index contributed by atoms with van der Waals surface area (Å²) in [5.74, 6) is -4.04. The fourth-order valence-electron chi connectivity index (χ4n) is 14.3. The molecule has 812 valence electrons. The topological polar surface area (TPSA) is 316 Å². The zero-order chi connectivity index (χ0) is 104. The molecule has 3 atom stereocenters. The molecule has 24 nitrogen and oxygen atoms in total. The summed E-state index contributed by atoms with van der Waals surface area (Å²) in [7, 11) is 0. The van der Waals surface area contributed by atoms with Crippen molar-refractivity contribution in [2.75, 3.05) is 52.9 Å². The van der Waals surface area contributed by atoms with Crippen molar-refractivity contribution in [1.29, 1.82) is 0 Å². The number of ether oxygens (including phenoxy) is 12.